The van der Waals surface area contributed by atoms with Crippen molar-refractivity contribution in [2.75, 3.05) is 33.3 Å². The van der Waals surface area contributed by atoms with E-state index in [1.165, 1.54) is 7.11 Å². The van der Waals surface area contributed by atoms with E-state index in [0.717, 1.165) is 12.1 Å². The Morgan fingerprint density at radius 3 is 2.90 bits per heavy atom. The van der Waals surface area contributed by atoms with Crippen molar-refractivity contribution in [3.63, 3.8) is 0 Å². The summed E-state index contributed by atoms with van der Waals surface area (Å²) >= 11 is 0. The third-order valence-electron chi connectivity index (χ3n) is 5.78. The smallest absolute Gasteiger partial charge is 0.319 e. The molecule has 2 bridgehead atoms. The van der Waals surface area contributed by atoms with Gasteiger partial charge >= 0.3 is 5.97 Å². The number of carbonyl (C=O) groups excluding carboxylic acids is 2. The van der Waals surface area contributed by atoms with Gasteiger partial charge in [-0.15, -0.1) is 0 Å². The molecule has 1 saturated heterocycles. The molecule has 154 valence electrons. The van der Waals surface area contributed by atoms with Crippen molar-refractivity contribution in [3.05, 3.63) is 51.8 Å². The number of nitrogens with one attached hydrogen (secondary N) is 1. The van der Waals surface area contributed by atoms with Gasteiger partial charge in [-0.2, -0.15) is 0 Å². The van der Waals surface area contributed by atoms with Crippen molar-refractivity contribution in [3.8, 4) is 0 Å². The molecule has 9 heteroatoms. The molecular weight excluding hydrogens is 376 g/mol. The molecule has 0 aliphatic carbocycles. The molecule has 0 radical (unpaired) electrons. The van der Waals surface area contributed by atoms with Crippen LogP contribution in [0.15, 0.2) is 33.6 Å². The van der Waals surface area contributed by atoms with Gasteiger partial charge < -0.3 is 19.1 Å². The first-order valence-corrected chi connectivity index (χ1v) is 9.68. The van der Waals surface area contributed by atoms with Crippen LogP contribution in [0.3, 0.4) is 0 Å². The highest BCUT2D eigenvalue weighted by Crippen LogP contribution is 2.40. The van der Waals surface area contributed by atoms with Crippen molar-refractivity contribution in [2.45, 2.75) is 25.3 Å². The second-order valence-electron chi connectivity index (χ2n) is 7.73. The Kier molecular flexibility index (Phi) is 5.23. The predicted octanol–water partition coefficient (Wildman–Crippen LogP) is 0.708. The van der Waals surface area contributed by atoms with Gasteiger partial charge in [0.15, 0.2) is 0 Å². The van der Waals surface area contributed by atoms with Crippen LogP contribution >= 0.6 is 0 Å². The first-order chi connectivity index (χ1) is 14.0. The summed E-state index contributed by atoms with van der Waals surface area (Å²) in [6, 6.07) is 6.64. The number of esters is 1. The number of amides is 1. The van der Waals surface area contributed by atoms with E-state index in [2.05, 4.69) is 15.4 Å². The molecular formula is C20H24N4O5. The summed E-state index contributed by atoms with van der Waals surface area (Å²) in [5.41, 5.74) is 1.49. The minimum absolute atomic E-state index is 0.0756. The molecule has 0 spiro atoms. The number of pyridine rings is 1. The third-order valence-corrected chi connectivity index (χ3v) is 5.78. The number of fused-ring (bicyclic) bond motifs is 4. The molecule has 1 fully saturated rings. The molecule has 0 aromatic carbocycles. The highest BCUT2D eigenvalue weighted by Gasteiger charge is 2.41. The molecule has 9 nitrogen and oxygen atoms in total. The molecule has 3 atom stereocenters. The van der Waals surface area contributed by atoms with Gasteiger partial charge in [0.05, 0.1) is 25.4 Å². The Balaban J connectivity index is 1.58. The summed E-state index contributed by atoms with van der Waals surface area (Å²) in [7, 11) is 1.38. The standard InChI is InChI=1S/C20H24N4O5/c1-12-6-17(29-22-12)20(27)21-8-16-14-7-13(9-23(10-14)11-19(26)28-2)15-4-3-5-18(25)24(15)16/h3-6,13-14,16H,7-11H2,1-2H3,(H,21,27)/t13-,14+,16+/m1/s1. The Bertz CT molecular complexity index is 981. The lowest BCUT2D eigenvalue weighted by molar-refractivity contribution is -0.142. The highest BCUT2D eigenvalue weighted by atomic mass is 16.5. The average Bonchev–Trinajstić information content (AvgIpc) is 3.14. The fourth-order valence-corrected chi connectivity index (χ4v) is 4.53. The molecule has 2 aromatic heterocycles. The Labute approximate surface area is 167 Å². The number of methoxy groups -OCH3 is 1. The van der Waals surface area contributed by atoms with Gasteiger partial charge in [0, 0.05) is 43.4 Å². The maximum atomic E-state index is 12.7. The van der Waals surface area contributed by atoms with Crippen LogP contribution in [0.2, 0.25) is 0 Å². The fourth-order valence-electron chi connectivity index (χ4n) is 4.53. The number of likely N-dealkylation sites (tertiary alicyclic amines) is 1. The second-order valence-corrected chi connectivity index (χ2v) is 7.73. The maximum Gasteiger partial charge on any atom is 0.319 e. The second kappa shape index (κ2) is 7.82. The minimum Gasteiger partial charge on any atom is -0.468 e. The summed E-state index contributed by atoms with van der Waals surface area (Å²) in [5.74, 6) is -0.201. The van der Waals surface area contributed by atoms with Gasteiger partial charge in [-0.1, -0.05) is 11.2 Å². The lowest BCUT2D eigenvalue weighted by Crippen LogP contribution is -2.52. The Hall–Kier alpha value is -2.94. The zero-order valence-electron chi connectivity index (χ0n) is 16.5. The largest absolute Gasteiger partial charge is 0.468 e. The van der Waals surface area contributed by atoms with Crippen LogP contribution in [0.5, 0.6) is 0 Å². The molecule has 4 heterocycles. The van der Waals surface area contributed by atoms with E-state index in [4.69, 9.17) is 9.26 Å². The number of carbonyl (C=O) groups is 2. The lowest BCUT2D eigenvalue weighted by Gasteiger charge is -2.46. The van der Waals surface area contributed by atoms with Crippen LogP contribution in [0.25, 0.3) is 0 Å². The van der Waals surface area contributed by atoms with Gasteiger partial charge in [0.25, 0.3) is 11.5 Å². The summed E-state index contributed by atoms with van der Waals surface area (Å²) in [5, 5.41) is 6.61. The maximum absolute atomic E-state index is 12.7. The van der Waals surface area contributed by atoms with Gasteiger partial charge in [0.2, 0.25) is 5.76 Å². The van der Waals surface area contributed by atoms with Crippen LogP contribution < -0.4 is 10.9 Å². The van der Waals surface area contributed by atoms with Crippen LogP contribution in [0.1, 0.15) is 40.3 Å². The molecule has 0 saturated carbocycles. The zero-order chi connectivity index (χ0) is 20.5. The third kappa shape index (κ3) is 3.82. The highest BCUT2D eigenvalue weighted by molar-refractivity contribution is 5.91. The van der Waals surface area contributed by atoms with Gasteiger partial charge in [-0.3, -0.25) is 19.3 Å². The van der Waals surface area contributed by atoms with E-state index >= 15 is 0 Å². The van der Waals surface area contributed by atoms with Gasteiger partial charge in [-0.05, 0) is 25.3 Å². The molecule has 1 amide bonds. The van der Waals surface area contributed by atoms with E-state index in [0.29, 0.717) is 25.3 Å². The molecule has 2 aliphatic rings. The van der Waals surface area contributed by atoms with Crippen molar-refractivity contribution in [2.24, 2.45) is 5.92 Å². The molecule has 4 rings (SSSR count). The number of piperidine rings is 1. The van der Waals surface area contributed by atoms with Crippen LogP contribution in [0.4, 0.5) is 0 Å². The molecule has 1 N–H and O–H groups in total. The van der Waals surface area contributed by atoms with Crippen molar-refractivity contribution >= 4 is 11.9 Å². The summed E-state index contributed by atoms with van der Waals surface area (Å²) in [6.45, 7) is 3.62. The minimum atomic E-state index is -0.361. The number of aryl methyl sites for hydroxylation is 1. The molecule has 0 unspecified atom stereocenters. The SMILES string of the molecule is COC(=O)CN1C[C@H]2C[C@@H](C1)[C@H](CNC(=O)c1cc(C)no1)n1c2cccc1=O. The van der Waals surface area contributed by atoms with Crippen molar-refractivity contribution in [1.29, 1.82) is 0 Å². The van der Waals surface area contributed by atoms with E-state index in [-0.39, 0.29) is 47.6 Å². The van der Waals surface area contributed by atoms with Crippen molar-refractivity contribution in [1.82, 2.24) is 19.9 Å². The van der Waals surface area contributed by atoms with Crippen LogP contribution in [-0.4, -0.2) is 59.8 Å². The number of rotatable bonds is 5. The molecule has 2 aliphatic heterocycles. The predicted molar refractivity (Wildman–Crippen MR) is 103 cm³/mol. The summed E-state index contributed by atoms with van der Waals surface area (Å²) < 4.78 is 11.6. The van der Waals surface area contributed by atoms with E-state index < -0.39 is 0 Å². The number of ether oxygens (including phenoxy) is 1. The van der Waals surface area contributed by atoms with E-state index in [1.807, 2.05) is 6.07 Å². The number of hydrogen-bond acceptors (Lipinski definition) is 7. The van der Waals surface area contributed by atoms with E-state index in [9.17, 15) is 14.4 Å². The molecule has 29 heavy (non-hydrogen) atoms. The summed E-state index contributed by atoms with van der Waals surface area (Å²) in [6.07, 6.45) is 0.906. The van der Waals surface area contributed by atoms with E-state index in [1.54, 1.807) is 29.7 Å². The van der Waals surface area contributed by atoms with Gasteiger partial charge in [0.1, 0.15) is 0 Å². The number of aromatic nitrogens is 2. The van der Waals surface area contributed by atoms with Gasteiger partial charge in [-0.25, -0.2) is 0 Å². The monoisotopic (exact) mass is 400 g/mol. The fraction of sp³-hybridized carbons (Fsp3) is 0.500. The average molecular weight is 400 g/mol. The normalized spacial score (nSPS) is 23.3. The summed E-state index contributed by atoms with van der Waals surface area (Å²) in [4.78, 5) is 38.9. The lowest BCUT2D eigenvalue weighted by atomic mass is 9.78. The number of nitrogens with zero attached hydrogens (tertiary/aromatic N) is 3. The topological polar surface area (TPSA) is 107 Å². The Morgan fingerprint density at radius 2 is 2.17 bits per heavy atom. The first-order valence-electron chi connectivity index (χ1n) is 9.68. The first kappa shape index (κ1) is 19.4. The number of hydrogen-bond donors (Lipinski definition) is 1. The molecule has 2 aromatic rings. The quantitative estimate of drug-likeness (QED) is 0.737. The van der Waals surface area contributed by atoms with Crippen LogP contribution in [0, 0.1) is 12.8 Å². The van der Waals surface area contributed by atoms with Crippen LogP contribution in [-0.2, 0) is 9.53 Å². The van der Waals surface area contributed by atoms with Crippen molar-refractivity contribution < 1.29 is 18.8 Å². The zero-order valence-corrected chi connectivity index (χ0v) is 16.5. The Morgan fingerprint density at radius 1 is 1.34 bits per heavy atom.